The molecule has 3 heterocycles. The molecule has 3 aliphatic heterocycles. The van der Waals surface area contributed by atoms with Gasteiger partial charge in [-0.1, -0.05) is 15.9 Å². The van der Waals surface area contributed by atoms with Crippen molar-refractivity contribution in [3.05, 3.63) is 24.3 Å². The summed E-state index contributed by atoms with van der Waals surface area (Å²) in [6, 6.07) is 5.94. The Hall–Kier alpha value is -2.17. The van der Waals surface area contributed by atoms with Gasteiger partial charge in [0.05, 0.1) is 37.2 Å². The summed E-state index contributed by atoms with van der Waals surface area (Å²) in [6.07, 6.45) is -0.157. The van der Waals surface area contributed by atoms with E-state index in [0.717, 1.165) is 18.8 Å². The third-order valence-electron chi connectivity index (χ3n) is 7.54. The molecule has 0 radical (unpaired) electrons. The number of fused-ring (bicyclic) bond motifs is 1. The van der Waals surface area contributed by atoms with Crippen LogP contribution in [0.15, 0.2) is 24.3 Å². The van der Waals surface area contributed by atoms with Crippen LogP contribution in [0.3, 0.4) is 0 Å². The Balaban J connectivity index is 1.66. The molecule has 3 unspecified atom stereocenters. The molecule has 1 spiro atoms. The summed E-state index contributed by atoms with van der Waals surface area (Å²) in [7, 11) is 0. The molecule has 2 N–H and O–H groups in total. The number of anilines is 2. The highest BCUT2D eigenvalue weighted by Crippen LogP contribution is 2.60. The fraction of sp³-hybridized carbons (Fsp3) is 0.640. The highest BCUT2D eigenvalue weighted by molar-refractivity contribution is 9.09. The average molecular weight is 552 g/mol. The zero-order valence-corrected chi connectivity index (χ0v) is 22.2. The molecule has 0 aliphatic carbocycles. The summed E-state index contributed by atoms with van der Waals surface area (Å²) < 4.78 is 11.6. The van der Waals surface area contributed by atoms with Crippen LogP contribution in [-0.4, -0.2) is 82.7 Å². The van der Waals surface area contributed by atoms with E-state index in [1.165, 1.54) is 4.90 Å². The van der Waals surface area contributed by atoms with Gasteiger partial charge in [0.25, 0.3) is 0 Å². The van der Waals surface area contributed by atoms with Crippen molar-refractivity contribution < 1.29 is 29.0 Å². The molecule has 3 aliphatic rings. The lowest BCUT2D eigenvalue weighted by molar-refractivity contribution is -0.155. The van der Waals surface area contributed by atoms with Gasteiger partial charge in [0.15, 0.2) is 0 Å². The lowest BCUT2D eigenvalue weighted by Gasteiger charge is -2.35. The fourth-order valence-corrected chi connectivity index (χ4v) is 6.93. The molecule has 3 fully saturated rings. The zero-order valence-electron chi connectivity index (χ0n) is 20.6. The summed E-state index contributed by atoms with van der Waals surface area (Å²) in [5, 5.41) is 12.8. The van der Waals surface area contributed by atoms with Crippen LogP contribution in [0.4, 0.5) is 11.4 Å². The van der Waals surface area contributed by atoms with Crippen LogP contribution in [0.5, 0.6) is 0 Å². The molecule has 3 saturated heterocycles. The first-order valence-electron chi connectivity index (χ1n) is 12.3. The van der Waals surface area contributed by atoms with Gasteiger partial charge in [-0.15, -0.1) is 0 Å². The number of nitrogens with zero attached hydrogens (tertiary/aromatic N) is 2. The highest BCUT2D eigenvalue weighted by Gasteiger charge is 2.77. The van der Waals surface area contributed by atoms with E-state index in [1.54, 1.807) is 13.8 Å². The van der Waals surface area contributed by atoms with Gasteiger partial charge in [0.2, 0.25) is 11.8 Å². The van der Waals surface area contributed by atoms with Gasteiger partial charge in [-0.05, 0) is 58.4 Å². The maximum atomic E-state index is 13.7. The minimum atomic E-state index is -1.18. The van der Waals surface area contributed by atoms with Crippen molar-refractivity contribution in [1.82, 2.24) is 4.90 Å². The van der Waals surface area contributed by atoms with Crippen molar-refractivity contribution in [2.24, 2.45) is 11.8 Å². The van der Waals surface area contributed by atoms with E-state index in [9.17, 15) is 19.5 Å². The summed E-state index contributed by atoms with van der Waals surface area (Å²) in [4.78, 5) is 43.7. The molecule has 1 aromatic rings. The number of hydrogen-bond acceptors (Lipinski definition) is 7. The monoisotopic (exact) mass is 551 g/mol. The molecule has 2 bridgehead atoms. The minimum Gasteiger partial charge on any atom is -0.466 e. The second-order valence-electron chi connectivity index (χ2n) is 9.40. The van der Waals surface area contributed by atoms with E-state index in [1.807, 2.05) is 24.3 Å². The van der Waals surface area contributed by atoms with Crippen LogP contribution in [0, 0.1) is 11.8 Å². The van der Waals surface area contributed by atoms with E-state index in [-0.39, 0.29) is 23.9 Å². The number of likely N-dealkylation sites (tertiary alicyclic amines) is 1. The number of halogens is 1. The van der Waals surface area contributed by atoms with Crippen LogP contribution in [0.2, 0.25) is 0 Å². The SMILES string of the molecule is CCOC(=O)[C@H]1[C@H]2C(=O)N([C@H](C)CO)C(C(=O)Nc3ccc(N(CC)CC)cc3)C23CC(Br)[C@@H]1O3. The predicted octanol–water partition coefficient (Wildman–Crippen LogP) is 2.16. The Morgan fingerprint density at radius 2 is 1.94 bits per heavy atom. The van der Waals surface area contributed by atoms with Crippen LogP contribution in [0.25, 0.3) is 0 Å². The summed E-state index contributed by atoms with van der Waals surface area (Å²) in [6.45, 7) is 9.18. The topological polar surface area (TPSA) is 108 Å². The van der Waals surface area contributed by atoms with Gasteiger partial charge < -0.3 is 29.7 Å². The van der Waals surface area contributed by atoms with Crippen LogP contribution >= 0.6 is 15.9 Å². The molecule has 7 atom stereocenters. The van der Waals surface area contributed by atoms with Gasteiger partial charge in [-0.3, -0.25) is 14.4 Å². The van der Waals surface area contributed by atoms with Crippen molar-refractivity contribution in [2.75, 3.05) is 36.5 Å². The standard InChI is InChI=1S/C25H34BrN3O6/c1-5-28(6-2)16-10-8-15(9-11-16)27-22(31)21-25-12-17(26)20(35-25)18(24(33)34-7-3)19(25)23(32)29(21)14(4)13-30/h8-11,14,17-21,30H,5-7,12-13H2,1-4H3,(H,27,31)/t14-,17?,18+,19+,20+,21?,25?/m1/s1. The van der Waals surface area contributed by atoms with Crippen LogP contribution < -0.4 is 10.2 Å². The van der Waals surface area contributed by atoms with Crippen molar-refractivity contribution in [1.29, 1.82) is 0 Å². The van der Waals surface area contributed by atoms with Gasteiger partial charge in [0, 0.05) is 29.3 Å². The Bertz CT molecular complexity index is 970. The number of amides is 2. The lowest BCUT2D eigenvalue weighted by Crippen LogP contribution is -2.56. The van der Waals surface area contributed by atoms with E-state index in [0.29, 0.717) is 12.1 Å². The van der Waals surface area contributed by atoms with E-state index >= 15 is 0 Å². The Morgan fingerprint density at radius 3 is 2.51 bits per heavy atom. The maximum absolute atomic E-state index is 13.7. The molecular formula is C25H34BrN3O6. The molecule has 4 rings (SSSR count). The number of aliphatic hydroxyl groups is 1. The third kappa shape index (κ3) is 4.13. The maximum Gasteiger partial charge on any atom is 0.312 e. The second kappa shape index (κ2) is 10.1. The zero-order chi connectivity index (χ0) is 25.5. The first-order valence-corrected chi connectivity index (χ1v) is 13.2. The van der Waals surface area contributed by atoms with Crippen LogP contribution in [0.1, 0.15) is 34.1 Å². The van der Waals surface area contributed by atoms with Gasteiger partial charge in [0.1, 0.15) is 11.6 Å². The molecule has 35 heavy (non-hydrogen) atoms. The molecule has 1 aromatic carbocycles. The first kappa shape index (κ1) is 25.9. The molecule has 0 saturated carbocycles. The molecule has 10 heteroatoms. The molecule has 2 amide bonds. The van der Waals surface area contributed by atoms with Gasteiger partial charge in [-0.2, -0.15) is 0 Å². The van der Waals surface area contributed by atoms with E-state index < -0.39 is 47.5 Å². The third-order valence-corrected chi connectivity index (χ3v) is 8.38. The Labute approximate surface area is 214 Å². The molecule has 0 aromatic heterocycles. The van der Waals surface area contributed by atoms with Gasteiger partial charge in [-0.25, -0.2) is 0 Å². The Kier molecular flexibility index (Phi) is 7.45. The van der Waals surface area contributed by atoms with Gasteiger partial charge >= 0.3 is 5.97 Å². The average Bonchev–Trinajstić information content (AvgIpc) is 3.44. The van der Waals surface area contributed by atoms with Crippen molar-refractivity contribution >= 4 is 45.1 Å². The van der Waals surface area contributed by atoms with Crippen molar-refractivity contribution in [3.8, 4) is 0 Å². The molecule has 9 nitrogen and oxygen atoms in total. The number of alkyl halides is 1. The lowest BCUT2D eigenvalue weighted by atomic mass is 9.70. The highest BCUT2D eigenvalue weighted by atomic mass is 79.9. The van der Waals surface area contributed by atoms with Crippen molar-refractivity contribution in [3.63, 3.8) is 0 Å². The van der Waals surface area contributed by atoms with E-state index in [4.69, 9.17) is 9.47 Å². The number of benzene rings is 1. The van der Waals surface area contributed by atoms with Crippen molar-refractivity contribution in [2.45, 2.75) is 62.7 Å². The predicted molar refractivity (Wildman–Crippen MR) is 134 cm³/mol. The number of carbonyl (C=O) groups excluding carboxylic acids is 3. The van der Waals surface area contributed by atoms with E-state index in [2.05, 4.69) is 40.0 Å². The number of ether oxygens (including phenoxy) is 2. The minimum absolute atomic E-state index is 0.188. The smallest absolute Gasteiger partial charge is 0.312 e. The summed E-state index contributed by atoms with van der Waals surface area (Å²) in [5.74, 6) is -2.90. The number of nitrogens with one attached hydrogen (secondary N) is 1. The fourth-order valence-electron chi connectivity index (χ4n) is 5.99. The number of esters is 1. The largest absolute Gasteiger partial charge is 0.466 e. The second-order valence-corrected chi connectivity index (χ2v) is 10.6. The number of rotatable bonds is 9. The van der Waals surface area contributed by atoms with Crippen LogP contribution in [-0.2, 0) is 23.9 Å². The number of hydrogen-bond donors (Lipinski definition) is 2. The molecular weight excluding hydrogens is 518 g/mol. The quantitative estimate of drug-likeness (QED) is 0.357. The normalized spacial score (nSPS) is 31.9. The summed E-state index contributed by atoms with van der Waals surface area (Å²) in [5.41, 5.74) is 0.470. The first-order chi connectivity index (χ1) is 16.7. The Morgan fingerprint density at radius 1 is 1.29 bits per heavy atom. The summed E-state index contributed by atoms with van der Waals surface area (Å²) >= 11 is 3.61. The number of aliphatic hydroxyl groups excluding tert-OH is 1. The number of carbonyl (C=O) groups is 3. The molecule has 192 valence electrons.